The molecular weight excluding hydrogens is 546 g/mol. The van der Waals surface area contributed by atoms with Gasteiger partial charge in [-0.05, 0) is 48.5 Å². The number of rotatable bonds is 8. The third kappa shape index (κ3) is 5.60. The third-order valence-corrected chi connectivity index (χ3v) is 7.02. The Morgan fingerprint density at radius 1 is 1.02 bits per heavy atom. The van der Waals surface area contributed by atoms with Crippen LogP contribution in [0, 0.1) is 11.6 Å². The lowest BCUT2D eigenvalue weighted by atomic mass is 10.2. The van der Waals surface area contributed by atoms with Crippen LogP contribution in [0.2, 0.25) is 0 Å². The average molecular weight is 573 g/mol. The molecule has 4 heterocycles. The fourth-order valence-corrected chi connectivity index (χ4v) is 4.88. The van der Waals surface area contributed by atoms with Crippen LogP contribution in [0.5, 0.6) is 0 Å². The predicted molar refractivity (Wildman–Crippen MR) is 152 cm³/mol. The zero-order valence-electron chi connectivity index (χ0n) is 22.3. The van der Waals surface area contributed by atoms with Crippen molar-refractivity contribution < 1.29 is 18.3 Å². The number of anilines is 3. The monoisotopic (exact) mass is 572 g/mol. The van der Waals surface area contributed by atoms with Crippen LogP contribution >= 0.6 is 0 Å². The molecule has 2 N–H and O–H groups in total. The zero-order chi connectivity index (χ0) is 29.1. The van der Waals surface area contributed by atoms with Crippen LogP contribution < -0.4 is 15.8 Å². The van der Waals surface area contributed by atoms with Crippen molar-refractivity contribution in [2.45, 2.75) is 0 Å². The lowest BCUT2D eigenvalue weighted by Crippen LogP contribution is -2.40. The van der Waals surface area contributed by atoms with E-state index < -0.39 is 28.8 Å². The van der Waals surface area contributed by atoms with Crippen molar-refractivity contribution in [2.75, 3.05) is 49.6 Å². The molecule has 0 radical (unpaired) electrons. The van der Waals surface area contributed by atoms with Crippen molar-refractivity contribution in [3.05, 3.63) is 101 Å². The Hall–Kier alpha value is -5.01. The molecule has 1 amide bonds. The molecule has 0 unspecified atom stereocenters. The topological polar surface area (TPSA) is 121 Å². The zero-order valence-corrected chi connectivity index (χ0v) is 22.3. The minimum Gasteiger partial charge on any atom is -0.379 e. The van der Waals surface area contributed by atoms with Gasteiger partial charge in [0.15, 0.2) is 11.3 Å². The second kappa shape index (κ2) is 11.8. The quantitative estimate of drug-likeness (QED) is 0.290. The Morgan fingerprint density at radius 2 is 1.83 bits per heavy atom. The molecule has 1 aliphatic heterocycles. The number of H-pyrrole nitrogens is 1. The van der Waals surface area contributed by atoms with Crippen LogP contribution in [-0.2, 0) is 4.74 Å². The van der Waals surface area contributed by atoms with E-state index in [4.69, 9.17) is 4.74 Å². The summed E-state index contributed by atoms with van der Waals surface area (Å²) in [4.78, 5) is 38.3. The minimum atomic E-state index is -0.804. The number of benzene rings is 2. The number of morpholine rings is 1. The average Bonchev–Trinajstić information content (AvgIpc) is 3.49. The molecule has 0 aliphatic carbocycles. The maximum Gasteiger partial charge on any atom is 0.286 e. The van der Waals surface area contributed by atoms with E-state index in [2.05, 4.69) is 30.4 Å². The first-order chi connectivity index (χ1) is 20.5. The van der Waals surface area contributed by atoms with Gasteiger partial charge in [0.05, 0.1) is 36.2 Å². The first-order valence-electron chi connectivity index (χ1n) is 13.3. The number of halogens is 2. The van der Waals surface area contributed by atoms with E-state index in [0.29, 0.717) is 43.3 Å². The van der Waals surface area contributed by atoms with Crippen LogP contribution in [0.1, 0.15) is 10.5 Å². The summed E-state index contributed by atoms with van der Waals surface area (Å²) < 4.78 is 35.7. The number of hydrogen-bond acceptors (Lipinski definition) is 8. The van der Waals surface area contributed by atoms with Gasteiger partial charge in [-0.2, -0.15) is 5.10 Å². The van der Waals surface area contributed by atoms with E-state index in [1.165, 1.54) is 47.3 Å². The van der Waals surface area contributed by atoms with Gasteiger partial charge in [-0.1, -0.05) is 0 Å². The van der Waals surface area contributed by atoms with E-state index >= 15 is 4.39 Å². The third-order valence-electron chi connectivity index (χ3n) is 7.02. The van der Waals surface area contributed by atoms with Crippen LogP contribution in [0.3, 0.4) is 0 Å². The molecule has 42 heavy (non-hydrogen) atoms. The second-order valence-corrected chi connectivity index (χ2v) is 9.62. The summed E-state index contributed by atoms with van der Waals surface area (Å²) in [6.45, 7) is 4.02. The Labute approximate surface area is 238 Å². The van der Waals surface area contributed by atoms with Gasteiger partial charge < -0.3 is 15.0 Å². The molecule has 0 atom stereocenters. The van der Waals surface area contributed by atoms with Gasteiger partial charge in [-0.15, -0.1) is 0 Å². The second-order valence-electron chi connectivity index (χ2n) is 9.62. The SMILES string of the molecule is O=C(Nc1ccc(N(CCN2CCOCC2)c2ccnc3[nH]ncc23)c(F)c1)c1nccn(-c2ccc(F)cc2)c1=O. The first kappa shape index (κ1) is 27.2. The maximum atomic E-state index is 15.7. The molecule has 2 aromatic carbocycles. The number of ether oxygens (including phenoxy) is 1. The molecule has 6 rings (SSSR count). The standard InChI is InChI=1S/C29H26F2N8O3/c30-19-1-4-21(5-2-19)38-10-9-32-26(29(38)41)28(40)35-20-3-6-25(23(31)17-20)39(12-11-37-13-15-42-16-14-37)24-7-8-33-27-22(24)18-34-36-27/h1-10,17-18H,11-16H2,(H,35,40)(H,33,34,36). The van der Waals surface area contributed by atoms with E-state index in [1.807, 2.05) is 4.90 Å². The molecule has 1 aliphatic rings. The molecule has 1 fully saturated rings. The lowest BCUT2D eigenvalue weighted by molar-refractivity contribution is 0.0394. The van der Waals surface area contributed by atoms with Crippen LogP contribution in [-0.4, -0.2) is 74.9 Å². The van der Waals surface area contributed by atoms with Crippen molar-refractivity contribution >= 4 is 34.0 Å². The molecule has 13 heteroatoms. The van der Waals surface area contributed by atoms with Crippen molar-refractivity contribution in [3.63, 3.8) is 0 Å². The highest BCUT2D eigenvalue weighted by Crippen LogP contribution is 2.33. The summed E-state index contributed by atoms with van der Waals surface area (Å²) in [5, 5.41) is 10.2. The number of aromatic nitrogens is 5. The summed E-state index contributed by atoms with van der Waals surface area (Å²) >= 11 is 0. The molecule has 0 saturated carbocycles. The maximum absolute atomic E-state index is 15.7. The minimum absolute atomic E-state index is 0.149. The van der Waals surface area contributed by atoms with Crippen molar-refractivity contribution in [1.82, 2.24) is 29.6 Å². The van der Waals surface area contributed by atoms with Crippen molar-refractivity contribution in [2.24, 2.45) is 0 Å². The molecule has 214 valence electrons. The molecule has 1 saturated heterocycles. The van der Waals surface area contributed by atoms with Gasteiger partial charge in [0.1, 0.15) is 11.6 Å². The Kier molecular flexibility index (Phi) is 7.66. The van der Waals surface area contributed by atoms with Gasteiger partial charge in [-0.3, -0.25) is 24.2 Å². The Bertz CT molecular complexity index is 1780. The van der Waals surface area contributed by atoms with E-state index in [0.717, 1.165) is 24.2 Å². The normalized spacial score (nSPS) is 13.8. The van der Waals surface area contributed by atoms with E-state index in [9.17, 15) is 14.0 Å². The number of pyridine rings is 1. The predicted octanol–water partition coefficient (Wildman–Crippen LogP) is 3.50. The fourth-order valence-electron chi connectivity index (χ4n) is 4.88. The van der Waals surface area contributed by atoms with E-state index in [1.54, 1.807) is 30.6 Å². The van der Waals surface area contributed by atoms with Crippen LogP contribution in [0.4, 0.5) is 25.8 Å². The Morgan fingerprint density at radius 3 is 2.62 bits per heavy atom. The molecule has 0 bridgehead atoms. The van der Waals surface area contributed by atoms with Crippen molar-refractivity contribution in [3.8, 4) is 5.69 Å². The van der Waals surface area contributed by atoms with Crippen LogP contribution in [0.15, 0.2) is 78.1 Å². The molecule has 0 spiro atoms. The number of carbonyl (C=O) groups excluding carboxylic acids is 1. The number of amides is 1. The van der Waals surface area contributed by atoms with Gasteiger partial charge in [0.2, 0.25) is 0 Å². The van der Waals surface area contributed by atoms with Gasteiger partial charge >= 0.3 is 0 Å². The number of carbonyl (C=O) groups is 1. The fraction of sp³-hybridized carbons (Fsp3) is 0.207. The summed E-state index contributed by atoms with van der Waals surface area (Å²) in [5.74, 6) is -1.84. The molecular formula is C29H26F2N8O3. The lowest BCUT2D eigenvalue weighted by Gasteiger charge is -2.31. The largest absolute Gasteiger partial charge is 0.379 e. The number of nitrogens with zero attached hydrogens (tertiary/aromatic N) is 6. The molecule has 3 aromatic heterocycles. The van der Waals surface area contributed by atoms with E-state index in [-0.39, 0.29) is 5.69 Å². The highest BCUT2D eigenvalue weighted by atomic mass is 19.1. The van der Waals surface area contributed by atoms with Gasteiger partial charge in [0.25, 0.3) is 11.5 Å². The molecule has 5 aromatic rings. The summed E-state index contributed by atoms with van der Waals surface area (Å²) in [6.07, 6.45) is 5.95. The number of hydrogen-bond donors (Lipinski definition) is 2. The Balaban J connectivity index is 1.27. The van der Waals surface area contributed by atoms with Crippen LogP contribution in [0.25, 0.3) is 16.7 Å². The number of nitrogens with one attached hydrogen (secondary N) is 2. The summed E-state index contributed by atoms with van der Waals surface area (Å²) in [6, 6.07) is 11.4. The van der Waals surface area contributed by atoms with Crippen molar-refractivity contribution in [1.29, 1.82) is 0 Å². The highest BCUT2D eigenvalue weighted by molar-refractivity contribution is 6.02. The van der Waals surface area contributed by atoms with Gasteiger partial charge in [0, 0.05) is 56.1 Å². The molecule has 11 nitrogen and oxygen atoms in total. The number of aromatic amines is 1. The van der Waals surface area contributed by atoms with Gasteiger partial charge in [-0.25, -0.2) is 18.7 Å². The summed E-state index contributed by atoms with van der Waals surface area (Å²) in [5.41, 5.74) is 1.03. The number of fused-ring (bicyclic) bond motifs is 1. The summed E-state index contributed by atoms with van der Waals surface area (Å²) in [7, 11) is 0. The first-order valence-corrected chi connectivity index (χ1v) is 13.3. The highest BCUT2D eigenvalue weighted by Gasteiger charge is 2.21. The smallest absolute Gasteiger partial charge is 0.286 e.